The number of halogens is 3. The maximum absolute atomic E-state index is 12.6. The van der Waals surface area contributed by atoms with E-state index in [0.717, 1.165) is 17.8 Å². The Kier molecular flexibility index (Phi) is 3.37. The molecule has 1 atom stereocenters. The van der Waals surface area contributed by atoms with Crippen LogP contribution in [0.2, 0.25) is 0 Å². The first-order valence-electron chi connectivity index (χ1n) is 6.64. The molecule has 2 N–H and O–H groups in total. The van der Waals surface area contributed by atoms with Crippen LogP contribution in [0.4, 0.5) is 13.2 Å². The summed E-state index contributed by atoms with van der Waals surface area (Å²) in [5, 5.41) is 4.24. The van der Waals surface area contributed by atoms with Crippen LogP contribution in [0.15, 0.2) is 42.7 Å². The standard InChI is InChI=1S/C15H13F3N4/c1-9(19)13-6-7-20-14-12(8-21-22(13)14)10-2-4-11(5-3-10)15(16,17)18/h2-9H,19H2,1H3. The van der Waals surface area contributed by atoms with Gasteiger partial charge in [-0.2, -0.15) is 18.3 Å². The van der Waals surface area contributed by atoms with Crippen molar-refractivity contribution >= 4 is 5.65 Å². The molecule has 1 unspecified atom stereocenters. The molecule has 0 amide bonds. The van der Waals surface area contributed by atoms with Crippen LogP contribution < -0.4 is 5.73 Å². The van der Waals surface area contributed by atoms with Gasteiger partial charge in [0, 0.05) is 17.8 Å². The number of rotatable bonds is 2. The number of nitrogens with two attached hydrogens (primary N) is 1. The number of hydrogen-bond acceptors (Lipinski definition) is 3. The van der Waals surface area contributed by atoms with Crippen LogP contribution in [0, 0.1) is 0 Å². The molecular weight excluding hydrogens is 293 g/mol. The van der Waals surface area contributed by atoms with Crippen LogP contribution in [0.5, 0.6) is 0 Å². The highest BCUT2D eigenvalue weighted by Gasteiger charge is 2.30. The van der Waals surface area contributed by atoms with E-state index in [2.05, 4.69) is 10.1 Å². The van der Waals surface area contributed by atoms with E-state index < -0.39 is 11.7 Å². The molecule has 0 bridgehead atoms. The van der Waals surface area contributed by atoms with E-state index in [1.165, 1.54) is 12.1 Å². The molecule has 0 saturated carbocycles. The Bertz CT molecular complexity index is 804. The average Bonchev–Trinajstić information content (AvgIpc) is 2.90. The first kappa shape index (κ1) is 14.5. The van der Waals surface area contributed by atoms with Crippen LogP contribution in [-0.2, 0) is 6.18 Å². The summed E-state index contributed by atoms with van der Waals surface area (Å²) in [6.07, 6.45) is -1.15. The summed E-state index contributed by atoms with van der Waals surface area (Å²) in [7, 11) is 0. The van der Waals surface area contributed by atoms with Crippen LogP contribution in [-0.4, -0.2) is 14.6 Å². The number of hydrogen-bond donors (Lipinski definition) is 1. The first-order valence-corrected chi connectivity index (χ1v) is 6.64. The van der Waals surface area contributed by atoms with E-state index in [1.807, 2.05) is 6.92 Å². The maximum atomic E-state index is 12.6. The van der Waals surface area contributed by atoms with Gasteiger partial charge in [0.15, 0.2) is 5.65 Å². The molecule has 22 heavy (non-hydrogen) atoms. The van der Waals surface area contributed by atoms with Gasteiger partial charge in [0.1, 0.15) is 0 Å². The summed E-state index contributed by atoms with van der Waals surface area (Å²) >= 11 is 0. The molecule has 7 heteroatoms. The fourth-order valence-corrected chi connectivity index (χ4v) is 2.30. The van der Waals surface area contributed by atoms with Gasteiger partial charge < -0.3 is 5.73 Å². The molecule has 0 aliphatic heterocycles. The molecule has 0 fully saturated rings. The topological polar surface area (TPSA) is 56.2 Å². The number of benzene rings is 1. The van der Waals surface area contributed by atoms with E-state index in [-0.39, 0.29) is 6.04 Å². The minimum Gasteiger partial charge on any atom is -0.323 e. The first-order chi connectivity index (χ1) is 10.4. The van der Waals surface area contributed by atoms with Crippen molar-refractivity contribution in [1.29, 1.82) is 0 Å². The molecule has 114 valence electrons. The predicted molar refractivity (Wildman–Crippen MR) is 76.0 cm³/mol. The Morgan fingerprint density at radius 1 is 1.14 bits per heavy atom. The highest BCUT2D eigenvalue weighted by Crippen LogP contribution is 2.32. The Balaban J connectivity index is 2.09. The second-order valence-electron chi connectivity index (χ2n) is 5.03. The van der Waals surface area contributed by atoms with E-state index >= 15 is 0 Å². The summed E-state index contributed by atoms with van der Waals surface area (Å²) in [5.74, 6) is 0. The zero-order valence-corrected chi connectivity index (χ0v) is 11.7. The van der Waals surface area contributed by atoms with Crippen molar-refractivity contribution in [2.75, 3.05) is 0 Å². The largest absolute Gasteiger partial charge is 0.416 e. The average molecular weight is 306 g/mol. The second-order valence-corrected chi connectivity index (χ2v) is 5.03. The van der Waals surface area contributed by atoms with E-state index in [1.54, 1.807) is 23.0 Å². The van der Waals surface area contributed by atoms with Crippen molar-refractivity contribution in [3.63, 3.8) is 0 Å². The third kappa shape index (κ3) is 2.43. The van der Waals surface area contributed by atoms with Crippen molar-refractivity contribution in [1.82, 2.24) is 14.6 Å². The second kappa shape index (κ2) is 5.10. The van der Waals surface area contributed by atoms with Gasteiger partial charge in [-0.1, -0.05) is 12.1 Å². The molecule has 1 aromatic carbocycles. The molecule has 3 rings (SSSR count). The van der Waals surface area contributed by atoms with Gasteiger partial charge in [0.25, 0.3) is 0 Å². The molecule has 0 aliphatic rings. The minimum absolute atomic E-state index is 0.231. The van der Waals surface area contributed by atoms with Crippen molar-refractivity contribution in [3.8, 4) is 11.1 Å². The lowest BCUT2D eigenvalue weighted by atomic mass is 10.1. The molecule has 2 heterocycles. The third-order valence-electron chi connectivity index (χ3n) is 3.42. The fourth-order valence-electron chi connectivity index (χ4n) is 2.30. The number of aromatic nitrogens is 3. The highest BCUT2D eigenvalue weighted by molar-refractivity contribution is 5.77. The quantitative estimate of drug-likeness (QED) is 0.789. The van der Waals surface area contributed by atoms with Crippen molar-refractivity contribution in [2.24, 2.45) is 5.73 Å². The SMILES string of the molecule is CC(N)c1ccnc2c(-c3ccc(C(F)(F)F)cc3)cnn12. The molecule has 0 aliphatic carbocycles. The smallest absolute Gasteiger partial charge is 0.323 e. The number of nitrogens with zero attached hydrogens (tertiary/aromatic N) is 3. The van der Waals surface area contributed by atoms with E-state index in [0.29, 0.717) is 16.8 Å². The normalized spacial score (nSPS) is 13.5. The molecule has 0 saturated heterocycles. The Hall–Kier alpha value is -2.41. The van der Waals surface area contributed by atoms with Gasteiger partial charge in [0.2, 0.25) is 0 Å². The minimum atomic E-state index is -4.35. The Morgan fingerprint density at radius 2 is 1.82 bits per heavy atom. The van der Waals surface area contributed by atoms with E-state index in [9.17, 15) is 13.2 Å². The van der Waals surface area contributed by atoms with Gasteiger partial charge in [-0.05, 0) is 30.7 Å². The number of fused-ring (bicyclic) bond motifs is 1. The van der Waals surface area contributed by atoms with Crippen LogP contribution in [0.1, 0.15) is 24.2 Å². The predicted octanol–water partition coefficient (Wildman–Crippen LogP) is 3.43. The van der Waals surface area contributed by atoms with Crippen LogP contribution >= 0.6 is 0 Å². The zero-order chi connectivity index (χ0) is 15.9. The molecule has 4 nitrogen and oxygen atoms in total. The number of alkyl halides is 3. The third-order valence-corrected chi connectivity index (χ3v) is 3.42. The Morgan fingerprint density at radius 3 is 2.41 bits per heavy atom. The van der Waals surface area contributed by atoms with Gasteiger partial charge in [-0.25, -0.2) is 9.50 Å². The van der Waals surface area contributed by atoms with Crippen LogP contribution in [0.25, 0.3) is 16.8 Å². The van der Waals surface area contributed by atoms with Gasteiger partial charge >= 0.3 is 6.18 Å². The summed E-state index contributed by atoms with van der Waals surface area (Å²) in [5.41, 5.74) is 7.83. The molecule has 0 spiro atoms. The van der Waals surface area contributed by atoms with Crippen molar-refractivity contribution in [2.45, 2.75) is 19.1 Å². The van der Waals surface area contributed by atoms with Crippen LogP contribution in [0.3, 0.4) is 0 Å². The molecule has 2 aromatic heterocycles. The molecule has 3 aromatic rings. The summed E-state index contributed by atoms with van der Waals surface area (Å²) in [4.78, 5) is 4.25. The summed E-state index contributed by atoms with van der Waals surface area (Å²) in [6, 6.07) is 6.47. The van der Waals surface area contributed by atoms with Gasteiger partial charge in [0.05, 0.1) is 17.5 Å². The van der Waals surface area contributed by atoms with Crippen molar-refractivity contribution in [3.05, 3.63) is 54.0 Å². The molecule has 0 radical (unpaired) electrons. The highest BCUT2D eigenvalue weighted by atomic mass is 19.4. The fraction of sp³-hybridized carbons (Fsp3) is 0.200. The van der Waals surface area contributed by atoms with Gasteiger partial charge in [-0.15, -0.1) is 0 Å². The summed E-state index contributed by atoms with van der Waals surface area (Å²) in [6.45, 7) is 1.83. The maximum Gasteiger partial charge on any atom is 0.416 e. The lowest BCUT2D eigenvalue weighted by molar-refractivity contribution is -0.137. The molecular formula is C15H13F3N4. The zero-order valence-electron chi connectivity index (χ0n) is 11.7. The van der Waals surface area contributed by atoms with Gasteiger partial charge in [-0.3, -0.25) is 0 Å². The Labute approximate surface area is 124 Å². The monoisotopic (exact) mass is 306 g/mol. The lowest BCUT2D eigenvalue weighted by Gasteiger charge is -2.08. The summed E-state index contributed by atoms with van der Waals surface area (Å²) < 4.78 is 39.5. The van der Waals surface area contributed by atoms with E-state index in [4.69, 9.17) is 5.73 Å². The lowest BCUT2D eigenvalue weighted by Crippen LogP contribution is -2.11. The van der Waals surface area contributed by atoms with Crippen molar-refractivity contribution < 1.29 is 13.2 Å².